The van der Waals surface area contributed by atoms with Crippen molar-refractivity contribution in [2.75, 3.05) is 0 Å². The third-order valence-electron chi connectivity index (χ3n) is 9.43. The van der Waals surface area contributed by atoms with Crippen LogP contribution in [0.5, 0.6) is 0 Å². The molecule has 0 aromatic heterocycles. The van der Waals surface area contributed by atoms with Crippen molar-refractivity contribution in [3.8, 4) is 6.07 Å². The first-order chi connectivity index (χ1) is 20.2. The van der Waals surface area contributed by atoms with Crippen LogP contribution in [-0.2, 0) is 25.7 Å². The van der Waals surface area contributed by atoms with Crippen LogP contribution in [0.3, 0.4) is 0 Å². The van der Waals surface area contributed by atoms with Crippen LogP contribution in [0.4, 0.5) is 26.3 Å². The lowest BCUT2D eigenvalue weighted by Gasteiger charge is -2.32. The van der Waals surface area contributed by atoms with Crippen LogP contribution in [0, 0.1) is 52.2 Å². The fourth-order valence-electron chi connectivity index (χ4n) is 6.96. The second kappa shape index (κ2) is 12.9. The average molecular weight is 584 g/mol. The minimum atomic E-state index is -1.15. The fourth-order valence-corrected chi connectivity index (χ4v) is 6.96. The molecule has 0 N–H and O–H groups in total. The second-order valence-corrected chi connectivity index (χ2v) is 12.0. The first kappa shape index (κ1) is 30.2. The predicted molar refractivity (Wildman–Crippen MR) is 150 cm³/mol. The summed E-state index contributed by atoms with van der Waals surface area (Å²) in [5.74, 6) is -5.33. The molecule has 0 radical (unpaired) electrons. The van der Waals surface area contributed by atoms with Gasteiger partial charge < -0.3 is 0 Å². The second-order valence-electron chi connectivity index (χ2n) is 12.0. The monoisotopic (exact) mass is 583 g/mol. The molecule has 222 valence electrons. The molecule has 7 heteroatoms. The van der Waals surface area contributed by atoms with E-state index in [1.165, 1.54) is 18.2 Å². The highest BCUT2D eigenvalue weighted by Gasteiger charge is 2.33. The molecule has 5 rings (SSSR count). The summed E-state index contributed by atoms with van der Waals surface area (Å²) < 4.78 is 89.0. The molecule has 0 aliphatic heterocycles. The van der Waals surface area contributed by atoms with Crippen molar-refractivity contribution < 1.29 is 26.3 Å². The van der Waals surface area contributed by atoms with Crippen molar-refractivity contribution in [3.63, 3.8) is 0 Å². The van der Waals surface area contributed by atoms with E-state index in [-0.39, 0.29) is 34.4 Å². The number of aryl methyl sites for hydroxylation is 2. The Bertz CT molecular complexity index is 1500. The molecular weight excluding hydrogens is 548 g/mol. The molecule has 2 aliphatic carbocycles. The van der Waals surface area contributed by atoms with Gasteiger partial charge in [-0.2, -0.15) is 5.26 Å². The molecule has 0 saturated heterocycles. The van der Waals surface area contributed by atoms with E-state index in [0.717, 1.165) is 12.8 Å². The van der Waals surface area contributed by atoms with Gasteiger partial charge >= 0.3 is 0 Å². The smallest absolute Gasteiger partial charge is 0.176 e. The van der Waals surface area contributed by atoms with E-state index in [9.17, 15) is 17.6 Å². The summed E-state index contributed by atoms with van der Waals surface area (Å²) in [5.41, 5.74) is 1.84. The largest absolute Gasteiger partial charge is 0.207 e. The van der Waals surface area contributed by atoms with Gasteiger partial charge in [0.25, 0.3) is 0 Å². The number of hydrogen-bond acceptors (Lipinski definition) is 1. The number of nitrogens with zero attached hydrogens (tertiary/aromatic N) is 1. The first-order valence-corrected chi connectivity index (χ1v) is 15.1. The number of rotatable bonds is 8. The summed E-state index contributed by atoms with van der Waals surface area (Å²) in [5, 5.41) is 8.92. The van der Waals surface area contributed by atoms with Crippen molar-refractivity contribution >= 4 is 0 Å². The normalized spacial score (nSPS) is 20.3. The lowest BCUT2D eigenvalue weighted by atomic mass is 9.73. The maximum Gasteiger partial charge on any atom is 0.176 e. The van der Waals surface area contributed by atoms with Gasteiger partial charge in [-0.25, -0.2) is 26.3 Å². The molecular formula is C35H35F6N. The molecule has 1 unspecified atom stereocenters. The third kappa shape index (κ3) is 5.96. The molecule has 0 bridgehead atoms. The van der Waals surface area contributed by atoms with Gasteiger partial charge in [-0.05, 0) is 128 Å². The fraction of sp³-hybridized carbons (Fsp3) is 0.457. The van der Waals surface area contributed by atoms with Crippen molar-refractivity contribution in [1.29, 1.82) is 5.26 Å². The predicted octanol–water partition coefficient (Wildman–Crippen LogP) is 9.91. The Hall–Kier alpha value is -3.27. The summed E-state index contributed by atoms with van der Waals surface area (Å²) in [6.07, 6.45) is 6.61. The Morgan fingerprint density at radius 1 is 0.762 bits per heavy atom. The number of benzene rings is 3. The number of halogens is 6. The molecule has 0 heterocycles. The van der Waals surface area contributed by atoms with Gasteiger partial charge in [-0.15, -0.1) is 0 Å². The summed E-state index contributed by atoms with van der Waals surface area (Å²) in [4.78, 5) is 0. The quantitative estimate of drug-likeness (QED) is 0.242. The van der Waals surface area contributed by atoms with Crippen LogP contribution >= 0.6 is 0 Å². The lowest BCUT2D eigenvalue weighted by Crippen LogP contribution is -2.21. The maximum atomic E-state index is 15.8. The van der Waals surface area contributed by atoms with E-state index >= 15 is 8.78 Å². The lowest BCUT2D eigenvalue weighted by molar-refractivity contribution is 0.360. The third-order valence-corrected chi connectivity index (χ3v) is 9.43. The molecule has 3 aromatic carbocycles. The molecule has 42 heavy (non-hydrogen) atoms. The van der Waals surface area contributed by atoms with Crippen LogP contribution in [-0.4, -0.2) is 0 Å². The zero-order valence-corrected chi connectivity index (χ0v) is 23.8. The number of hydrogen-bond donors (Lipinski definition) is 0. The first-order valence-electron chi connectivity index (χ1n) is 15.1. The van der Waals surface area contributed by atoms with E-state index < -0.39 is 34.9 Å². The number of fused-ring (bicyclic) bond motifs is 1. The van der Waals surface area contributed by atoms with Gasteiger partial charge in [-0.1, -0.05) is 31.5 Å². The van der Waals surface area contributed by atoms with Crippen molar-refractivity contribution in [2.45, 2.75) is 95.8 Å². The highest BCUT2D eigenvalue weighted by molar-refractivity contribution is 5.40. The Kier molecular flexibility index (Phi) is 9.30. The molecule has 3 aromatic rings. The summed E-state index contributed by atoms with van der Waals surface area (Å²) in [7, 11) is 0. The van der Waals surface area contributed by atoms with E-state index in [0.29, 0.717) is 86.5 Å². The Labute approximate surface area is 243 Å². The molecule has 1 atom stereocenters. The van der Waals surface area contributed by atoms with Gasteiger partial charge in [0, 0.05) is 5.56 Å². The number of unbranched alkanes of at least 4 members (excludes halogenated alkanes) is 1. The highest BCUT2D eigenvalue weighted by Crippen LogP contribution is 2.44. The van der Waals surface area contributed by atoms with Gasteiger partial charge in [0.05, 0.1) is 5.56 Å². The van der Waals surface area contributed by atoms with E-state index in [4.69, 9.17) is 5.26 Å². The SMILES string of the molecule is CCCCc1ccc(CCC2CCc3c(cc(F)c(C4CCC(c5ccc(C#N)c(F)c5F)CC4)c3F)C2)c(F)c1F. The Morgan fingerprint density at radius 2 is 1.43 bits per heavy atom. The molecule has 2 aliphatic rings. The van der Waals surface area contributed by atoms with Gasteiger partial charge in [0.1, 0.15) is 17.7 Å². The Balaban J connectivity index is 1.24. The zero-order chi connectivity index (χ0) is 30.0. The summed E-state index contributed by atoms with van der Waals surface area (Å²) in [6.45, 7) is 2.00. The van der Waals surface area contributed by atoms with Gasteiger partial charge in [-0.3, -0.25) is 0 Å². The maximum absolute atomic E-state index is 15.8. The van der Waals surface area contributed by atoms with Crippen LogP contribution in [0.1, 0.15) is 109 Å². The molecule has 0 spiro atoms. The van der Waals surface area contributed by atoms with Crippen LogP contribution in [0.25, 0.3) is 0 Å². The molecule has 1 nitrogen and oxygen atoms in total. The highest BCUT2D eigenvalue weighted by atomic mass is 19.2. The van der Waals surface area contributed by atoms with Gasteiger partial charge in [0.15, 0.2) is 23.3 Å². The van der Waals surface area contributed by atoms with Crippen molar-refractivity contribution in [1.82, 2.24) is 0 Å². The summed E-state index contributed by atoms with van der Waals surface area (Å²) >= 11 is 0. The molecule has 1 fully saturated rings. The van der Waals surface area contributed by atoms with E-state index in [1.54, 1.807) is 18.2 Å². The van der Waals surface area contributed by atoms with Gasteiger partial charge in [0.2, 0.25) is 0 Å². The topological polar surface area (TPSA) is 23.8 Å². The molecule has 1 saturated carbocycles. The average Bonchev–Trinajstić information content (AvgIpc) is 2.99. The standard InChI is InChI=1S/C35H35F6N/c1-2-3-4-23-12-13-24(32(38)31(23)37)7-5-20-6-15-28-26(17-20)18-29(36)30(34(28)40)22-10-8-21(9-11-22)27-16-14-25(19-42)33(39)35(27)41/h12-14,16,18,20-22H,2-11,15,17H2,1H3. The summed E-state index contributed by atoms with van der Waals surface area (Å²) in [6, 6.07) is 9.10. The van der Waals surface area contributed by atoms with Crippen molar-refractivity contribution in [2.24, 2.45) is 5.92 Å². The Morgan fingerprint density at radius 3 is 2.10 bits per heavy atom. The zero-order valence-electron chi connectivity index (χ0n) is 23.8. The minimum Gasteiger partial charge on any atom is -0.207 e. The van der Waals surface area contributed by atoms with Crippen molar-refractivity contribution in [3.05, 3.63) is 104 Å². The van der Waals surface area contributed by atoms with Crippen LogP contribution in [0.2, 0.25) is 0 Å². The minimum absolute atomic E-state index is 0.0813. The van der Waals surface area contributed by atoms with Crippen LogP contribution in [0.15, 0.2) is 30.3 Å². The number of nitriles is 1. The van der Waals surface area contributed by atoms with E-state index in [1.807, 2.05) is 6.92 Å². The molecule has 0 amide bonds. The van der Waals surface area contributed by atoms with E-state index in [2.05, 4.69) is 0 Å². The van der Waals surface area contributed by atoms with Crippen LogP contribution < -0.4 is 0 Å².